The summed E-state index contributed by atoms with van der Waals surface area (Å²) in [6.07, 6.45) is 4.75. The number of hydrogen-bond acceptors (Lipinski definition) is 2. The third kappa shape index (κ3) is 3.30. The fraction of sp³-hybridized carbons (Fsp3) is 0.600. The molecular weight excluding hydrogens is 210 g/mol. The SMILES string of the molecule is CCC(COC)NC1CCc2ccccc2C1. The number of nitrogens with one attached hydrogen (secondary N) is 1. The van der Waals surface area contributed by atoms with Crippen molar-refractivity contribution in [3.8, 4) is 0 Å². The van der Waals surface area contributed by atoms with Crippen molar-refractivity contribution in [3.63, 3.8) is 0 Å². The summed E-state index contributed by atoms with van der Waals surface area (Å²) in [6.45, 7) is 3.03. The second-order valence-corrected chi connectivity index (χ2v) is 4.94. The minimum absolute atomic E-state index is 0.496. The Balaban J connectivity index is 1.93. The molecular formula is C15H23NO. The molecule has 1 aromatic carbocycles. The molecule has 0 fully saturated rings. The first-order chi connectivity index (χ1) is 8.33. The van der Waals surface area contributed by atoms with E-state index in [0.29, 0.717) is 12.1 Å². The first kappa shape index (κ1) is 12.6. The zero-order chi connectivity index (χ0) is 12.1. The largest absolute Gasteiger partial charge is 0.383 e. The van der Waals surface area contributed by atoms with E-state index >= 15 is 0 Å². The molecule has 0 heterocycles. The average molecular weight is 233 g/mol. The topological polar surface area (TPSA) is 21.3 Å². The maximum atomic E-state index is 5.24. The van der Waals surface area contributed by atoms with Crippen LogP contribution in [0.15, 0.2) is 24.3 Å². The van der Waals surface area contributed by atoms with E-state index in [1.807, 2.05) is 0 Å². The summed E-state index contributed by atoms with van der Waals surface area (Å²) in [6, 6.07) is 9.93. The molecule has 2 rings (SSSR count). The molecule has 0 saturated carbocycles. The van der Waals surface area contributed by atoms with E-state index < -0.39 is 0 Å². The van der Waals surface area contributed by atoms with Crippen LogP contribution >= 0.6 is 0 Å². The molecule has 1 N–H and O–H groups in total. The number of hydrogen-bond donors (Lipinski definition) is 1. The van der Waals surface area contributed by atoms with Crippen molar-refractivity contribution >= 4 is 0 Å². The second kappa shape index (κ2) is 6.18. The van der Waals surface area contributed by atoms with Gasteiger partial charge in [0.05, 0.1) is 6.61 Å². The molecule has 1 aromatic rings. The smallest absolute Gasteiger partial charge is 0.0615 e. The fourth-order valence-electron chi connectivity index (χ4n) is 2.66. The lowest BCUT2D eigenvalue weighted by atomic mass is 9.88. The van der Waals surface area contributed by atoms with Gasteiger partial charge in [-0.2, -0.15) is 0 Å². The summed E-state index contributed by atoms with van der Waals surface area (Å²) in [5.41, 5.74) is 3.05. The summed E-state index contributed by atoms with van der Waals surface area (Å²) in [7, 11) is 1.78. The van der Waals surface area contributed by atoms with Crippen molar-refractivity contribution in [2.75, 3.05) is 13.7 Å². The third-order valence-electron chi connectivity index (χ3n) is 3.68. The van der Waals surface area contributed by atoms with E-state index in [4.69, 9.17) is 4.74 Å². The zero-order valence-corrected chi connectivity index (χ0v) is 10.9. The molecule has 1 aliphatic carbocycles. The minimum atomic E-state index is 0.496. The first-order valence-corrected chi connectivity index (χ1v) is 6.65. The quantitative estimate of drug-likeness (QED) is 0.844. The molecule has 2 heteroatoms. The van der Waals surface area contributed by atoms with Crippen LogP contribution in [0.2, 0.25) is 0 Å². The number of aryl methyl sites for hydroxylation is 1. The number of ether oxygens (including phenoxy) is 1. The van der Waals surface area contributed by atoms with Crippen molar-refractivity contribution in [1.82, 2.24) is 5.32 Å². The summed E-state index contributed by atoms with van der Waals surface area (Å²) >= 11 is 0. The van der Waals surface area contributed by atoms with E-state index in [0.717, 1.165) is 19.4 Å². The van der Waals surface area contributed by atoms with Gasteiger partial charge in [0.15, 0.2) is 0 Å². The highest BCUT2D eigenvalue weighted by Gasteiger charge is 2.20. The van der Waals surface area contributed by atoms with Gasteiger partial charge in [-0.25, -0.2) is 0 Å². The van der Waals surface area contributed by atoms with Crippen LogP contribution < -0.4 is 5.32 Å². The number of rotatable bonds is 5. The predicted molar refractivity (Wildman–Crippen MR) is 71.3 cm³/mol. The van der Waals surface area contributed by atoms with Gasteiger partial charge in [0.25, 0.3) is 0 Å². The fourth-order valence-corrected chi connectivity index (χ4v) is 2.66. The number of fused-ring (bicyclic) bond motifs is 1. The third-order valence-corrected chi connectivity index (χ3v) is 3.68. The molecule has 0 saturated heterocycles. The molecule has 17 heavy (non-hydrogen) atoms. The van der Waals surface area contributed by atoms with Gasteiger partial charge in [-0.15, -0.1) is 0 Å². The van der Waals surface area contributed by atoms with Crippen LogP contribution in [0.25, 0.3) is 0 Å². The van der Waals surface area contributed by atoms with E-state index in [2.05, 4.69) is 36.5 Å². The predicted octanol–water partition coefficient (Wildman–Crippen LogP) is 2.56. The van der Waals surface area contributed by atoms with E-state index in [-0.39, 0.29) is 0 Å². The Morgan fingerprint density at radius 3 is 2.82 bits per heavy atom. The summed E-state index contributed by atoms with van der Waals surface area (Å²) < 4.78 is 5.24. The Bertz CT molecular complexity index is 351. The van der Waals surface area contributed by atoms with Crippen molar-refractivity contribution in [3.05, 3.63) is 35.4 Å². The van der Waals surface area contributed by atoms with Crippen LogP contribution in [-0.2, 0) is 17.6 Å². The molecule has 0 radical (unpaired) electrons. The zero-order valence-electron chi connectivity index (χ0n) is 10.9. The van der Waals surface area contributed by atoms with E-state index in [1.165, 1.54) is 24.0 Å². The van der Waals surface area contributed by atoms with Crippen LogP contribution in [0.4, 0.5) is 0 Å². The highest BCUT2D eigenvalue weighted by molar-refractivity contribution is 5.30. The second-order valence-electron chi connectivity index (χ2n) is 4.94. The normalized spacial score (nSPS) is 20.9. The van der Waals surface area contributed by atoms with Gasteiger partial charge in [-0.3, -0.25) is 0 Å². The maximum absolute atomic E-state index is 5.24. The van der Waals surface area contributed by atoms with Gasteiger partial charge in [-0.05, 0) is 36.8 Å². The van der Waals surface area contributed by atoms with Gasteiger partial charge in [-0.1, -0.05) is 31.2 Å². The molecule has 0 amide bonds. The minimum Gasteiger partial charge on any atom is -0.383 e. The molecule has 0 aliphatic heterocycles. The highest BCUT2D eigenvalue weighted by Crippen LogP contribution is 2.21. The lowest BCUT2D eigenvalue weighted by Crippen LogP contribution is -2.43. The Labute approximate surface area is 104 Å². The van der Waals surface area contributed by atoms with Crippen molar-refractivity contribution < 1.29 is 4.74 Å². The Morgan fingerprint density at radius 1 is 1.35 bits per heavy atom. The van der Waals surface area contributed by atoms with Crippen molar-refractivity contribution in [2.24, 2.45) is 0 Å². The van der Waals surface area contributed by atoms with Crippen LogP contribution in [0, 0.1) is 0 Å². The van der Waals surface area contributed by atoms with Crippen molar-refractivity contribution in [2.45, 2.75) is 44.7 Å². The Morgan fingerprint density at radius 2 is 2.12 bits per heavy atom. The molecule has 0 bridgehead atoms. The average Bonchev–Trinajstić information content (AvgIpc) is 2.38. The molecule has 2 nitrogen and oxygen atoms in total. The molecule has 2 unspecified atom stereocenters. The molecule has 2 atom stereocenters. The summed E-state index contributed by atoms with van der Waals surface area (Å²) in [5, 5.41) is 3.72. The first-order valence-electron chi connectivity index (χ1n) is 6.65. The standard InChI is InChI=1S/C15H23NO/c1-3-14(11-17-2)16-15-9-8-12-6-4-5-7-13(12)10-15/h4-7,14-16H,3,8-11H2,1-2H3. The lowest BCUT2D eigenvalue weighted by molar-refractivity contribution is 0.156. The monoisotopic (exact) mass is 233 g/mol. The van der Waals surface area contributed by atoms with Gasteiger partial charge in [0, 0.05) is 19.2 Å². The molecule has 94 valence electrons. The van der Waals surface area contributed by atoms with Gasteiger partial charge >= 0.3 is 0 Å². The van der Waals surface area contributed by atoms with E-state index in [9.17, 15) is 0 Å². The number of methoxy groups -OCH3 is 1. The van der Waals surface area contributed by atoms with Crippen LogP contribution in [-0.4, -0.2) is 25.8 Å². The lowest BCUT2D eigenvalue weighted by Gasteiger charge is -2.29. The highest BCUT2D eigenvalue weighted by atomic mass is 16.5. The van der Waals surface area contributed by atoms with Gasteiger partial charge in [0.2, 0.25) is 0 Å². The number of benzene rings is 1. The Kier molecular flexibility index (Phi) is 4.57. The molecule has 0 spiro atoms. The van der Waals surface area contributed by atoms with E-state index in [1.54, 1.807) is 7.11 Å². The summed E-state index contributed by atoms with van der Waals surface area (Å²) in [5.74, 6) is 0. The van der Waals surface area contributed by atoms with Gasteiger partial charge < -0.3 is 10.1 Å². The Hall–Kier alpha value is -0.860. The van der Waals surface area contributed by atoms with Crippen LogP contribution in [0.1, 0.15) is 30.9 Å². The molecule has 0 aromatic heterocycles. The summed E-state index contributed by atoms with van der Waals surface area (Å²) in [4.78, 5) is 0. The van der Waals surface area contributed by atoms with Crippen LogP contribution in [0.3, 0.4) is 0 Å². The maximum Gasteiger partial charge on any atom is 0.0615 e. The van der Waals surface area contributed by atoms with Gasteiger partial charge in [0.1, 0.15) is 0 Å². The van der Waals surface area contributed by atoms with Crippen molar-refractivity contribution in [1.29, 1.82) is 0 Å². The molecule has 1 aliphatic rings. The van der Waals surface area contributed by atoms with Crippen LogP contribution in [0.5, 0.6) is 0 Å².